The molecule has 8 heteroatoms. The van der Waals surface area contributed by atoms with Crippen LogP contribution >= 0.6 is 0 Å². The molecule has 0 unspecified atom stereocenters. The van der Waals surface area contributed by atoms with Crippen LogP contribution in [0.25, 0.3) is 0 Å². The maximum atomic E-state index is 10.5. The molecule has 2 atom stereocenters. The lowest BCUT2D eigenvalue weighted by Gasteiger charge is -2.35. The standard InChI is InChI=1S/C37H42N2O6/c1-38-14-12-25-19-35(43-4)32(40)21-28(25)30(38)16-23-6-9-27(10-7-23)45-37-18-24(8-11-34(37)42-3)17-31-29-22-33(41)36(44-5)20-26(29)13-15-39(31)2/h6-11,18-22,30-31,40-41H,12-17H2,1-5H3/t30-,31-/m1/s1. The average molecular weight is 611 g/mol. The van der Waals surface area contributed by atoms with Crippen molar-refractivity contribution in [3.63, 3.8) is 0 Å². The summed E-state index contributed by atoms with van der Waals surface area (Å²) < 4.78 is 22.7. The summed E-state index contributed by atoms with van der Waals surface area (Å²) in [5.41, 5.74) is 6.99. The van der Waals surface area contributed by atoms with Gasteiger partial charge in [0, 0.05) is 25.2 Å². The number of phenolic OH excluding ortho intramolecular Hbond substituents is 2. The zero-order valence-corrected chi connectivity index (χ0v) is 26.7. The fraction of sp³-hybridized carbons (Fsp3) is 0.351. The Hall–Kier alpha value is -4.40. The first-order chi connectivity index (χ1) is 21.8. The maximum absolute atomic E-state index is 10.5. The molecule has 45 heavy (non-hydrogen) atoms. The van der Waals surface area contributed by atoms with Crippen LogP contribution in [-0.2, 0) is 25.7 Å². The van der Waals surface area contributed by atoms with Crippen molar-refractivity contribution in [2.75, 3.05) is 48.5 Å². The predicted octanol–water partition coefficient (Wildman–Crippen LogP) is 6.46. The molecule has 2 aliphatic heterocycles. The minimum absolute atomic E-state index is 0.108. The first kappa shape index (κ1) is 30.6. The molecule has 4 aromatic carbocycles. The molecule has 0 fully saturated rings. The number of methoxy groups -OCH3 is 3. The number of nitrogens with zero attached hydrogens (tertiary/aromatic N) is 2. The summed E-state index contributed by atoms with van der Waals surface area (Å²) in [5, 5.41) is 21.0. The lowest BCUT2D eigenvalue weighted by molar-refractivity contribution is 0.228. The minimum atomic E-state index is 0.108. The van der Waals surface area contributed by atoms with Gasteiger partial charge in [-0.25, -0.2) is 0 Å². The van der Waals surface area contributed by atoms with E-state index in [2.05, 4.69) is 42.1 Å². The Labute approximate surface area is 265 Å². The minimum Gasteiger partial charge on any atom is -0.504 e. The van der Waals surface area contributed by atoms with Gasteiger partial charge in [-0.1, -0.05) is 18.2 Å². The van der Waals surface area contributed by atoms with Crippen molar-refractivity contribution < 1.29 is 29.2 Å². The van der Waals surface area contributed by atoms with E-state index in [4.69, 9.17) is 18.9 Å². The molecule has 0 bridgehead atoms. The third kappa shape index (κ3) is 6.26. The average Bonchev–Trinajstić information content (AvgIpc) is 3.04. The monoisotopic (exact) mass is 610 g/mol. The van der Waals surface area contributed by atoms with Crippen molar-refractivity contribution in [3.8, 4) is 40.2 Å². The maximum Gasteiger partial charge on any atom is 0.169 e. The van der Waals surface area contributed by atoms with Gasteiger partial charge in [0.2, 0.25) is 0 Å². The second-order valence-corrected chi connectivity index (χ2v) is 12.1. The lowest BCUT2D eigenvalue weighted by atomic mass is 9.88. The van der Waals surface area contributed by atoms with Crippen LogP contribution in [0.15, 0.2) is 66.7 Å². The van der Waals surface area contributed by atoms with Crippen LogP contribution in [0.1, 0.15) is 45.5 Å². The van der Waals surface area contributed by atoms with Crippen molar-refractivity contribution in [3.05, 3.63) is 100 Å². The van der Waals surface area contributed by atoms with Gasteiger partial charge >= 0.3 is 0 Å². The number of fused-ring (bicyclic) bond motifs is 2. The quantitative estimate of drug-likeness (QED) is 0.224. The highest BCUT2D eigenvalue weighted by atomic mass is 16.5. The second kappa shape index (κ2) is 12.9. The summed E-state index contributed by atoms with van der Waals surface area (Å²) in [6.45, 7) is 1.87. The molecule has 0 radical (unpaired) electrons. The molecule has 236 valence electrons. The molecule has 0 aromatic heterocycles. The van der Waals surface area contributed by atoms with Gasteiger partial charge in [0.15, 0.2) is 34.5 Å². The normalized spacial score (nSPS) is 18.2. The Morgan fingerprint density at radius 2 is 1.09 bits per heavy atom. The number of hydrogen-bond acceptors (Lipinski definition) is 8. The summed E-state index contributed by atoms with van der Waals surface area (Å²) in [7, 11) is 9.08. The molecule has 2 N–H and O–H groups in total. The van der Waals surface area contributed by atoms with E-state index in [-0.39, 0.29) is 23.6 Å². The third-order valence-electron chi connectivity index (χ3n) is 9.37. The molecule has 6 rings (SSSR count). The van der Waals surface area contributed by atoms with Crippen LogP contribution in [0.2, 0.25) is 0 Å². The van der Waals surface area contributed by atoms with Crippen molar-refractivity contribution in [2.24, 2.45) is 0 Å². The SMILES string of the molecule is COc1cc2c(cc1O)[C@@H](Cc1ccc(Oc3cc(C[C@@H]4c5cc(O)c(OC)cc5CCN4C)ccc3OC)cc1)N(C)CC2. The van der Waals surface area contributed by atoms with Crippen LogP contribution in [0.5, 0.6) is 40.2 Å². The van der Waals surface area contributed by atoms with E-state index in [1.165, 1.54) is 16.7 Å². The zero-order valence-electron chi connectivity index (χ0n) is 26.7. The number of ether oxygens (including phenoxy) is 4. The number of rotatable bonds is 9. The molecule has 8 nitrogen and oxygen atoms in total. The topological polar surface area (TPSA) is 83.9 Å². The van der Waals surface area contributed by atoms with Crippen LogP contribution in [-0.4, -0.2) is 68.5 Å². The van der Waals surface area contributed by atoms with Gasteiger partial charge in [-0.3, -0.25) is 9.80 Å². The van der Waals surface area contributed by atoms with E-state index >= 15 is 0 Å². The van der Waals surface area contributed by atoms with Crippen molar-refractivity contribution in [1.29, 1.82) is 0 Å². The second-order valence-electron chi connectivity index (χ2n) is 12.1. The molecule has 0 aliphatic carbocycles. The van der Waals surface area contributed by atoms with Crippen LogP contribution in [0, 0.1) is 0 Å². The van der Waals surface area contributed by atoms with Crippen molar-refractivity contribution in [2.45, 2.75) is 37.8 Å². The van der Waals surface area contributed by atoms with Gasteiger partial charge in [0.05, 0.1) is 21.3 Å². The van der Waals surface area contributed by atoms with Crippen LogP contribution in [0.3, 0.4) is 0 Å². The molecule has 4 aromatic rings. The van der Waals surface area contributed by atoms with Gasteiger partial charge in [0.25, 0.3) is 0 Å². The first-order valence-electron chi connectivity index (χ1n) is 15.4. The summed E-state index contributed by atoms with van der Waals surface area (Å²) in [6.07, 6.45) is 3.40. The predicted molar refractivity (Wildman–Crippen MR) is 174 cm³/mol. The Kier molecular flexibility index (Phi) is 8.79. The molecule has 2 heterocycles. The number of aromatic hydroxyl groups is 2. The number of hydrogen-bond donors (Lipinski definition) is 2. The van der Waals surface area contributed by atoms with Gasteiger partial charge in [-0.2, -0.15) is 0 Å². The Morgan fingerprint density at radius 3 is 1.60 bits per heavy atom. The highest BCUT2D eigenvalue weighted by Gasteiger charge is 2.28. The smallest absolute Gasteiger partial charge is 0.169 e. The highest BCUT2D eigenvalue weighted by Crippen LogP contribution is 2.41. The fourth-order valence-electron chi connectivity index (χ4n) is 6.74. The fourth-order valence-corrected chi connectivity index (χ4v) is 6.74. The van der Waals surface area contributed by atoms with E-state index in [1.54, 1.807) is 21.3 Å². The summed E-state index contributed by atoms with van der Waals surface area (Å²) in [4.78, 5) is 4.67. The summed E-state index contributed by atoms with van der Waals surface area (Å²) in [6, 6.07) is 22.2. The van der Waals surface area contributed by atoms with Crippen molar-refractivity contribution >= 4 is 0 Å². The highest BCUT2D eigenvalue weighted by molar-refractivity contribution is 5.51. The summed E-state index contributed by atoms with van der Waals surface area (Å²) >= 11 is 0. The Balaban J connectivity index is 1.19. The molecule has 0 saturated carbocycles. The van der Waals surface area contributed by atoms with Crippen LogP contribution < -0.4 is 18.9 Å². The van der Waals surface area contributed by atoms with Gasteiger partial charge < -0.3 is 29.2 Å². The molecule has 0 amide bonds. The van der Waals surface area contributed by atoms with E-state index < -0.39 is 0 Å². The zero-order chi connectivity index (χ0) is 31.7. The molecule has 2 aliphatic rings. The van der Waals surface area contributed by atoms with E-state index in [9.17, 15) is 10.2 Å². The summed E-state index contributed by atoms with van der Waals surface area (Å²) in [5.74, 6) is 3.42. The van der Waals surface area contributed by atoms with Gasteiger partial charge in [0.1, 0.15) is 5.75 Å². The van der Waals surface area contributed by atoms with Crippen LogP contribution in [0.4, 0.5) is 0 Å². The number of likely N-dealkylation sites (N-methyl/N-ethyl adjacent to an activating group) is 2. The lowest BCUT2D eigenvalue weighted by Crippen LogP contribution is -2.33. The Bertz CT molecular complexity index is 1670. The van der Waals surface area contributed by atoms with Gasteiger partial charge in [-0.05, 0) is 122 Å². The van der Waals surface area contributed by atoms with E-state index in [0.29, 0.717) is 23.0 Å². The molecular formula is C37H42N2O6. The van der Waals surface area contributed by atoms with Crippen molar-refractivity contribution in [1.82, 2.24) is 9.80 Å². The first-order valence-corrected chi connectivity index (χ1v) is 15.4. The van der Waals surface area contributed by atoms with E-state index in [1.807, 2.05) is 48.5 Å². The number of benzene rings is 4. The largest absolute Gasteiger partial charge is 0.504 e. The number of phenols is 2. The molecule has 0 saturated heterocycles. The van der Waals surface area contributed by atoms with E-state index in [0.717, 1.165) is 61.2 Å². The molecular weight excluding hydrogens is 568 g/mol. The third-order valence-corrected chi connectivity index (χ3v) is 9.37. The molecule has 0 spiro atoms. The van der Waals surface area contributed by atoms with Gasteiger partial charge in [-0.15, -0.1) is 0 Å². The Morgan fingerprint density at radius 1 is 0.600 bits per heavy atom.